The Morgan fingerprint density at radius 3 is 2.29 bits per heavy atom. The van der Waals surface area contributed by atoms with Gasteiger partial charge in [0.05, 0.1) is 11.4 Å². The van der Waals surface area contributed by atoms with Gasteiger partial charge in [0.1, 0.15) is 0 Å². The minimum absolute atomic E-state index is 0.0503. The van der Waals surface area contributed by atoms with Crippen LogP contribution in [-0.4, -0.2) is 54.4 Å². The van der Waals surface area contributed by atoms with E-state index in [0.717, 1.165) is 25.8 Å². The van der Waals surface area contributed by atoms with Gasteiger partial charge in [-0.05, 0) is 38.6 Å². The molecule has 2 N–H and O–H groups in total. The maximum absolute atomic E-state index is 12.6. The van der Waals surface area contributed by atoms with E-state index in [1.165, 1.54) is 0 Å². The van der Waals surface area contributed by atoms with Crippen molar-refractivity contribution in [2.24, 2.45) is 0 Å². The van der Waals surface area contributed by atoms with Crippen molar-refractivity contribution in [1.29, 1.82) is 0 Å². The van der Waals surface area contributed by atoms with E-state index >= 15 is 0 Å². The standard InChI is InChI=1S/C11H20N2O3S/c14-10-5-8-1-2-9(6-10)13(8)17(15,16)11-3-4-12-7-11/h8-12,14H,1-7H2. The summed E-state index contributed by atoms with van der Waals surface area (Å²) in [6.07, 6.45) is 3.50. The first kappa shape index (κ1) is 11.9. The van der Waals surface area contributed by atoms with E-state index in [1.54, 1.807) is 4.31 Å². The minimum atomic E-state index is -3.16. The van der Waals surface area contributed by atoms with Crippen molar-refractivity contribution in [3.05, 3.63) is 0 Å². The first-order chi connectivity index (χ1) is 8.09. The van der Waals surface area contributed by atoms with Gasteiger partial charge < -0.3 is 10.4 Å². The highest BCUT2D eigenvalue weighted by atomic mass is 32.2. The van der Waals surface area contributed by atoms with Crippen LogP contribution in [0.4, 0.5) is 0 Å². The summed E-state index contributed by atoms with van der Waals surface area (Å²) in [5, 5.41) is 12.6. The third-order valence-electron chi connectivity index (χ3n) is 4.37. The van der Waals surface area contributed by atoms with Crippen LogP contribution in [0.15, 0.2) is 0 Å². The summed E-state index contributed by atoms with van der Waals surface area (Å²) >= 11 is 0. The normalized spacial score (nSPS) is 43.1. The van der Waals surface area contributed by atoms with Crippen LogP contribution in [-0.2, 0) is 10.0 Å². The molecule has 3 unspecified atom stereocenters. The van der Waals surface area contributed by atoms with Crippen LogP contribution in [0, 0.1) is 0 Å². The molecular formula is C11H20N2O3S. The van der Waals surface area contributed by atoms with Crippen LogP contribution in [0.2, 0.25) is 0 Å². The van der Waals surface area contributed by atoms with Gasteiger partial charge in [0.2, 0.25) is 10.0 Å². The molecule has 0 spiro atoms. The molecule has 2 bridgehead atoms. The van der Waals surface area contributed by atoms with Gasteiger partial charge in [0.25, 0.3) is 0 Å². The highest BCUT2D eigenvalue weighted by molar-refractivity contribution is 7.89. The Hall–Kier alpha value is -0.170. The Balaban J connectivity index is 1.84. The molecule has 0 saturated carbocycles. The molecule has 3 saturated heterocycles. The summed E-state index contributed by atoms with van der Waals surface area (Å²) in [5.41, 5.74) is 0. The molecule has 3 aliphatic rings. The van der Waals surface area contributed by atoms with E-state index in [-0.39, 0.29) is 23.4 Å². The number of aliphatic hydroxyl groups is 1. The molecule has 0 aromatic heterocycles. The van der Waals surface area contributed by atoms with Gasteiger partial charge in [0, 0.05) is 18.6 Å². The fourth-order valence-corrected chi connectivity index (χ4v) is 5.88. The number of hydrogen-bond donors (Lipinski definition) is 2. The summed E-state index contributed by atoms with van der Waals surface area (Å²) < 4.78 is 26.9. The number of hydrogen-bond acceptors (Lipinski definition) is 4. The topological polar surface area (TPSA) is 69.6 Å². The highest BCUT2D eigenvalue weighted by Gasteiger charge is 2.48. The number of sulfonamides is 1. The zero-order chi connectivity index (χ0) is 12.0. The largest absolute Gasteiger partial charge is 0.393 e. The average molecular weight is 260 g/mol. The van der Waals surface area contributed by atoms with Gasteiger partial charge in [-0.15, -0.1) is 0 Å². The second kappa shape index (κ2) is 4.19. The summed E-state index contributed by atoms with van der Waals surface area (Å²) in [6.45, 7) is 1.39. The monoisotopic (exact) mass is 260 g/mol. The molecule has 5 nitrogen and oxygen atoms in total. The SMILES string of the molecule is O=S(=O)(C1CCNC1)N1C2CCC1CC(O)C2. The highest BCUT2D eigenvalue weighted by Crippen LogP contribution is 2.39. The van der Waals surface area contributed by atoms with Gasteiger partial charge in [-0.2, -0.15) is 4.31 Å². The van der Waals surface area contributed by atoms with Crippen molar-refractivity contribution in [2.45, 2.75) is 55.5 Å². The van der Waals surface area contributed by atoms with Crippen molar-refractivity contribution in [2.75, 3.05) is 13.1 Å². The smallest absolute Gasteiger partial charge is 0.218 e. The number of piperidine rings is 1. The summed E-state index contributed by atoms with van der Waals surface area (Å²) in [4.78, 5) is 0. The van der Waals surface area contributed by atoms with E-state index in [0.29, 0.717) is 19.4 Å². The summed E-state index contributed by atoms with van der Waals surface area (Å²) in [6, 6.07) is 0.101. The molecule has 0 aromatic carbocycles. The molecule has 0 aliphatic carbocycles. The fourth-order valence-electron chi connectivity index (χ4n) is 3.58. The number of nitrogens with one attached hydrogen (secondary N) is 1. The molecule has 3 fully saturated rings. The fraction of sp³-hybridized carbons (Fsp3) is 1.00. The van der Waals surface area contributed by atoms with Gasteiger partial charge >= 0.3 is 0 Å². The van der Waals surface area contributed by atoms with Crippen molar-refractivity contribution in [1.82, 2.24) is 9.62 Å². The van der Waals surface area contributed by atoms with Gasteiger partial charge in [-0.3, -0.25) is 0 Å². The van der Waals surface area contributed by atoms with Crippen LogP contribution >= 0.6 is 0 Å². The predicted octanol–water partition coefficient (Wildman–Crippen LogP) is -0.334. The van der Waals surface area contributed by atoms with E-state index < -0.39 is 10.0 Å². The van der Waals surface area contributed by atoms with Crippen LogP contribution in [0.1, 0.15) is 32.1 Å². The number of rotatable bonds is 2. The van der Waals surface area contributed by atoms with Crippen LogP contribution in [0.25, 0.3) is 0 Å². The molecule has 6 heteroatoms. The molecule has 3 atom stereocenters. The second-order valence-corrected chi connectivity index (χ2v) is 7.62. The van der Waals surface area contributed by atoms with Gasteiger partial charge in [-0.1, -0.05) is 0 Å². The van der Waals surface area contributed by atoms with Gasteiger partial charge in [-0.25, -0.2) is 8.42 Å². The Morgan fingerprint density at radius 2 is 1.76 bits per heavy atom. The van der Waals surface area contributed by atoms with Crippen molar-refractivity contribution in [3.63, 3.8) is 0 Å². The molecule has 17 heavy (non-hydrogen) atoms. The lowest BCUT2D eigenvalue weighted by molar-refractivity contribution is 0.0764. The lowest BCUT2D eigenvalue weighted by Crippen LogP contribution is -2.51. The lowest BCUT2D eigenvalue weighted by atomic mass is 10.0. The Labute approximate surface area is 102 Å². The Bertz CT molecular complexity index is 378. The molecule has 0 amide bonds. The average Bonchev–Trinajstić information content (AvgIpc) is 2.86. The summed E-state index contributed by atoms with van der Waals surface area (Å²) in [7, 11) is -3.16. The van der Waals surface area contributed by atoms with E-state index in [9.17, 15) is 13.5 Å². The number of nitrogens with zero attached hydrogens (tertiary/aromatic N) is 1. The third-order valence-corrected chi connectivity index (χ3v) is 6.80. The zero-order valence-electron chi connectivity index (χ0n) is 9.88. The van der Waals surface area contributed by atoms with Crippen molar-refractivity contribution in [3.8, 4) is 0 Å². The lowest BCUT2D eigenvalue weighted by Gasteiger charge is -2.37. The maximum Gasteiger partial charge on any atom is 0.218 e. The molecule has 0 radical (unpaired) electrons. The Kier molecular flexibility index (Phi) is 2.93. The maximum atomic E-state index is 12.6. The zero-order valence-corrected chi connectivity index (χ0v) is 10.7. The van der Waals surface area contributed by atoms with Gasteiger partial charge in [0.15, 0.2) is 0 Å². The first-order valence-corrected chi connectivity index (χ1v) is 8.00. The molecule has 98 valence electrons. The molecule has 3 aliphatic heterocycles. The molecular weight excluding hydrogens is 240 g/mol. The molecule has 3 heterocycles. The van der Waals surface area contributed by atoms with Crippen LogP contribution in [0.5, 0.6) is 0 Å². The third kappa shape index (κ3) is 1.91. The van der Waals surface area contributed by atoms with Crippen molar-refractivity contribution < 1.29 is 13.5 Å². The Morgan fingerprint density at radius 1 is 1.12 bits per heavy atom. The van der Waals surface area contributed by atoms with E-state index in [2.05, 4.69) is 5.32 Å². The first-order valence-electron chi connectivity index (χ1n) is 6.50. The minimum Gasteiger partial charge on any atom is -0.393 e. The predicted molar refractivity (Wildman–Crippen MR) is 64.1 cm³/mol. The number of aliphatic hydroxyl groups excluding tert-OH is 1. The summed E-state index contributed by atoms with van der Waals surface area (Å²) in [5.74, 6) is 0. The molecule has 3 rings (SSSR count). The second-order valence-electron chi connectivity index (χ2n) is 5.50. The van der Waals surface area contributed by atoms with E-state index in [1.807, 2.05) is 0 Å². The van der Waals surface area contributed by atoms with Crippen molar-refractivity contribution >= 4 is 10.0 Å². The van der Waals surface area contributed by atoms with Crippen LogP contribution in [0.3, 0.4) is 0 Å². The quantitative estimate of drug-likeness (QED) is 0.713. The number of fused-ring (bicyclic) bond motifs is 2. The van der Waals surface area contributed by atoms with E-state index in [4.69, 9.17) is 0 Å². The van der Waals surface area contributed by atoms with Crippen LogP contribution < -0.4 is 5.32 Å². The molecule has 0 aromatic rings.